The first-order valence-corrected chi connectivity index (χ1v) is 17.3. The Labute approximate surface area is 261 Å². The first-order valence-electron chi connectivity index (χ1n) is 15.0. The minimum atomic E-state index is -3.56. The second kappa shape index (κ2) is 15.4. The van der Waals surface area contributed by atoms with Crippen molar-refractivity contribution in [2.24, 2.45) is 0 Å². The van der Waals surface area contributed by atoms with E-state index in [9.17, 15) is 18.0 Å². The van der Waals surface area contributed by atoms with Crippen LogP contribution in [-0.4, -0.2) is 50.0 Å². The van der Waals surface area contributed by atoms with Crippen molar-refractivity contribution >= 4 is 39.1 Å². The molecule has 0 radical (unpaired) electrons. The molecule has 1 aliphatic carbocycles. The number of carbonyl (C=O) groups excluding carboxylic acids is 2. The summed E-state index contributed by atoms with van der Waals surface area (Å²) in [6.07, 6.45) is 7.09. The van der Waals surface area contributed by atoms with E-state index in [2.05, 4.69) is 5.32 Å². The number of amides is 2. The number of anilines is 1. The number of aryl methyl sites for hydroxylation is 1. The van der Waals surface area contributed by atoms with Gasteiger partial charge in [-0.15, -0.1) is 0 Å². The van der Waals surface area contributed by atoms with Crippen LogP contribution in [0.25, 0.3) is 0 Å². The van der Waals surface area contributed by atoms with E-state index in [1.165, 1.54) is 17.0 Å². The van der Waals surface area contributed by atoms with Crippen LogP contribution in [0.5, 0.6) is 0 Å². The summed E-state index contributed by atoms with van der Waals surface area (Å²) >= 11 is 6.54. The molecule has 0 aliphatic heterocycles. The Hall–Kier alpha value is -3.36. The molecular formula is C34H42ClN3O4S. The zero-order valence-electron chi connectivity index (χ0n) is 25.0. The van der Waals surface area contributed by atoms with Gasteiger partial charge in [0.05, 0.1) is 11.9 Å². The van der Waals surface area contributed by atoms with Crippen molar-refractivity contribution in [1.29, 1.82) is 0 Å². The molecule has 1 atom stereocenters. The molecule has 7 nitrogen and oxygen atoms in total. The van der Waals surface area contributed by atoms with Crippen molar-refractivity contribution in [3.05, 3.63) is 101 Å². The maximum Gasteiger partial charge on any atom is 0.243 e. The van der Waals surface area contributed by atoms with Crippen molar-refractivity contribution in [3.8, 4) is 0 Å². The van der Waals surface area contributed by atoms with Gasteiger partial charge in [-0.2, -0.15) is 0 Å². The summed E-state index contributed by atoms with van der Waals surface area (Å²) in [4.78, 5) is 29.6. The second-order valence-electron chi connectivity index (χ2n) is 11.4. The normalized spacial score (nSPS) is 14.6. The van der Waals surface area contributed by atoms with Gasteiger partial charge in [0.25, 0.3) is 0 Å². The van der Waals surface area contributed by atoms with E-state index in [1.54, 1.807) is 23.1 Å². The third kappa shape index (κ3) is 9.57. The first kappa shape index (κ1) is 32.6. The molecule has 1 fully saturated rings. The van der Waals surface area contributed by atoms with Crippen molar-refractivity contribution in [1.82, 2.24) is 10.2 Å². The molecular weight excluding hydrogens is 582 g/mol. The van der Waals surface area contributed by atoms with Crippen molar-refractivity contribution < 1.29 is 18.0 Å². The van der Waals surface area contributed by atoms with Crippen LogP contribution < -0.4 is 9.62 Å². The standard InChI is InChI=1S/C34H42ClN3O4S/c1-26-19-21-30(22-20-26)38(43(2,41)42)23-11-18-33(39)37(25-28-14-9-10-17-31(28)35)32(24-27-12-5-3-6-13-27)34(40)36-29-15-7-4-8-16-29/h3,5-6,9-10,12-14,17,19-22,29,32H,4,7-8,11,15-16,18,23-25H2,1-2H3,(H,36,40). The van der Waals surface area contributed by atoms with Gasteiger partial charge >= 0.3 is 0 Å². The SMILES string of the molecule is Cc1ccc(N(CCCC(=O)N(Cc2ccccc2Cl)C(Cc2ccccc2)C(=O)NC2CCCCC2)S(C)(=O)=O)cc1. The lowest BCUT2D eigenvalue weighted by molar-refractivity contribution is -0.141. The minimum Gasteiger partial charge on any atom is -0.352 e. The maximum absolute atomic E-state index is 14.0. The highest BCUT2D eigenvalue weighted by molar-refractivity contribution is 7.92. The number of nitrogens with zero attached hydrogens (tertiary/aromatic N) is 2. The summed E-state index contributed by atoms with van der Waals surface area (Å²) in [5.41, 5.74) is 3.28. The van der Waals surface area contributed by atoms with Gasteiger partial charge in [-0.05, 0) is 55.5 Å². The van der Waals surface area contributed by atoms with Gasteiger partial charge in [0.2, 0.25) is 21.8 Å². The van der Waals surface area contributed by atoms with E-state index in [0.717, 1.165) is 42.4 Å². The van der Waals surface area contributed by atoms with Crippen LogP contribution in [0.1, 0.15) is 61.6 Å². The van der Waals surface area contributed by atoms with Crippen LogP contribution >= 0.6 is 11.6 Å². The molecule has 3 aromatic rings. The van der Waals surface area contributed by atoms with Crippen LogP contribution in [0.15, 0.2) is 78.9 Å². The molecule has 9 heteroatoms. The number of hydrogen-bond donors (Lipinski definition) is 1. The van der Waals surface area contributed by atoms with Gasteiger partial charge in [0, 0.05) is 37.0 Å². The number of hydrogen-bond acceptors (Lipinski definition) is 4. The third-order valence-corrected chi connectivity index (χ3v) is 9.56. The summed E-state index contributed by atoms with van der Waals surface area (Å²) < 4.78 is 26.6. The van der Waals surface area contributed by atoms with Crippen LogP contribution in [-0.2, 0) is 32.6 Å². The van der Waals surface area contributed by atoms with Crippen LogP contribution in [0.3, 0.4) is 0 Å². The average molecular weight is 624 g/mol. The lowest BCUT2D eigenvalue weighted by Crippen LogP contribution is -2.53. The van der Waals surface area contributed by atoms with Crippen LogP contribution in [0.2, 0.25) is 5.02 Å². The predicted octanol–water partition coefficient (Wildman–Crippen LogP) is 6.28. The second-order valence-corrected chi connectivity index (χ2v) is 13.8. The number of nitrogens with one attached hydrogen (secondary N) is 1. The highest BCUT2D eigenvalue weighted by Gasteiger charge is 2.32. The number of rotatable bonds is 13. The van der Waals surface area contributed by atoms with Crippen molar-refractivity contribution in [2.45, 2.75) is 76.9 Å². The van der Waals surface area contributed by atoms with Gasteiger partial charge in [0.1, 0.15) is 6.04 Å². The van der Waals surface area contributed by atoms with Gasteiger partial charge in [0.15, 0.2) is 0 Å². The van der Waals surface area contributed by atoms with E-state index < -0.39 is 16.1 Å². The molecule has 2 amide bonds. The summed E-state index contributed by atoms with van der Waals surface area (Å²) in [5, 5.41) is 3.76. The number of carbonyl (C=O) groups is 2. The monoisotopic (exact) mass is 623 g/mol. The molecule has 3 aromatic carbocycles. The average Bonchev–Trinajstić information content (AvgIpc) is 2.99. The zero-order valence-corrected chi connectivity index (χ0v) is 26.6. The Bertz CT molecular complexity index is 1460. The molecule has 0 bridgehead atoms. The van der Waals surface area contributed by atoms with Crippen LogP contribution in [0.4, 0.5) is 5.69 Å². The largest absolute Gasteiger partial charge is 0.352 e. The van der Waals surface area contributed by atoms with Gasteiger partial charge in [-0.3, -0.25) is 13.9 Å². The summed E-state index contributed by atoms with van der Waals surface area (Å²) in [5.74, 6) is -0.398. The van der Waals surface area contributed by atoms with E-state index >= 15 is 0 Å². The number of benzene rings is 3. The fourth-order valence-corrected chi connectivity index (χ4v) is 6.78. The Morgan fingerprint density at radius 2 is 1.58 bits per heavy atom. The molecule has 43 heavy (non-hydrogen) atoms. The molecule has 1 saturated carbocycles. The molecule has 1 N–H and O–H groups in total. The molecule has 0 aromatic heterocycles. The van der Waals surface area contributed by atoms with Gasteiger partial charge in [-0.1, -0.05) is 97.1 Å². The molecule has 230 valence electrons. The van der Waals surface area contributed by atoms with Crippen molar-refractivity contribution in [3.63, 3.8) is 0 Å². The topological polar surface area (TPSA) is 86.8 Å². The van der Waals surface area contributed by atoms with E-state index in [0.29, 0.717) is 23.6 Å². The fraction of sp³-hybridized carbons (Fsp3) is 0.412. The fourth-order valence-electron chi connectivity index (χ4n) is 5.62. The predicted molar refractivity (Wildman–Crippen MR) is 174 cm³/mol. The Morgan fingerprint density at radius 1 is 0.930 bits per heavy atom. The third-order valence-electron chi connectivity index (χ3n) is 8.00. The quantitative estimate of drug-likeness (QED) is 0.243. The van der Waals surface area contributed by atoms with Crippen molar-refractivity contribution in [2.75, 3.05) is 17.1 Å². The zero-order chi connectivity index (χ0) is 30.8. The highest BCUT2D eigenvalue weighted by Crippen LogP contribution is 2.24. The lowest BCUT2D eigenvalue weighted by atomic mass is 9.94. The smallest absolute Gasteiger partial charge is 0.243 e. The maximum atomic E-state index is 14.0. The summed E-state index contributed by atoms with van der Waals surface area (Å²) in [6.45, 7) is 2.25. The Balaban J connectivity index is 1.59. The molecule has 0 saturated heterocycles. The lowest BCUT2D eigenvalue weighted by Gasteiger charge is -2.34. The Morgan fingerprint density at radius 3 is 2.23 bits per heavy atom. The molecule has 1 aliphatic rings. The molecule has 1 unspecified atom stereocenters. The van der Waals surface area contributed by atoms with E-state index in [-0.39, 0.29) is 37.4 Å². The minimum absolute atomic E-state index is 0.0737. The molecule has 4 rings (SSSR count). The molecule has 0 heterocycles. The van der Waals surface area contributed by atoms with Gasteiger partial charge in [-0.25, -0.2) is 8.42 Å². The highest BCUT2D eigenvalue weighted by atomic mass is 35.5. The summed E-state index contributed by atoms with van der Waals surface area (Å²) in [6, 6.07) is 23.7. The van der Waals surface area contributed by atoms with Crippen LogP contribution in [0, 0.1) is 6.92 Å². The Kier molecular flexibility index (Phi) is 11.7. The van der Waals surface area contributed by atoms with E-state index in [1.807, 2.05) is 67.6 Å². The van der Waals surface area contributed by atoms with E-state index in [4.69, 9.17) is 11.6 Å². The molecule has 0 spiro atoms. The summed E-state index contributed by atoms with van der Waals surface area (Å²) in [7, 11) is -3.56. The number of halogens is 1. The number of sulfonamides is 1. The first-order chi connectivity index (χ1) is 20.6. The van der Waals surface area contributed by atoms with Gasteiger partial charge < -0.3 is 10.2 Å².